The Labute approximate surface area is 148 Å². The van der Waals surface area contributed by atoms with Crippen molar-refractivity contribution in [2.24, 2.45) is 5.73 Å². The maximum absolute atomic E-state index is 11.6. The van der Waals surface area contributed by atoms with Crippen molar-refractivity contribution in [3.63, 3.8) is 0 Å². The van der Waals surface area contributed by atoms with Crippen LogP contribution in [0.5, 0.6) is 5.75 Å². The fourth-order valence-corrected chi connectivity index (χ4v) is 3.32. The van der Waals surface area contributed by atoms with Gasteiger partial charge in [0.15, 0.2) is 0 Å². The van der Waals surface area contributed by atoms with Gasteiger partial charge in [-0.25, -0.2) is 0 Å². The van der Waals surface area contributed by atoms with Crippen molar-refractivity contribution < 1.29 is 9.53 Å². The molecule has 2 N–H and O–H groups in total. The molecule has 1 aliphatic rings. The lowest BCUT2D eigenvalue weighted by molar-refractivity contribution is 0.1000. The van der Waals surface area contributed by atoms with E-state index in [1.165, 1.54) is 5.56 Å². The summed E-state index contributed by atoms with van der Waals surface area (Å²) >= 11 is 0. The van der Waals surface area contributed by atoms with Crippen molar-refractivity contribution in [1.29, 1.82) is 0 Å². The van der Waals surface area contributed by atoms with Crippen LogP contribution in [0.2, 0.25) is 0 Å². The van der Waals surface area contributed by atoms with E-state index >= 15 is 0 Å². The molecule has 1 amide bonds. The van der Waals surface area contributed by atoms with Crippen molar-refractivity contribution in [2.45, 2.75) is 13.0 Å². The fourth-order valence-electron chi connectivity index (χ4n) is 3.32. The number of benzene rings is 1. The van der Waals surface area contributed by atoms with Crippen LogP contribution in [-0.2, 0) is 0 Å². The number of ether oxygens (including phenoxy) is 1. The number of rotatable bonds is 5. The predicted octanol–water partition coefficient (Wildman–Crippen LogP) is 2.07. The van der Waals surface area contributed by atoms with Crippen molar-refractivity contribution in [3.8, 4) is 5.75 Å². The SMILES string of the molecule is COc1cccc(C(C)N2CCN(c3ccncc3C(N)=O)CC2)c1. The molecule has 1 aromatic heterocycles. The molecule has 3 rings (SSSR count). The Balaban J connectivity index is 1.68. The molecular weight excluding hydrogens is 316 g/mol. The molecule has 1 aliphatic heterocycles. The number of anilines is 1. The molecular formula is C19H24N4O2. The van der Waals surface area contributed by atoms with Gasteiger partial charge in [0, 0.05) is 44.6 Å². The molecule has 0 radical (unpaired) electrons. The zero-order chi connectivity index (χ0) is 17.8. The predicted molar refractivity (Wildman–Crippen MR) is 97.9 cm³/mol. The summed E-state index contributed by atoms with van der Waals surface area (Å²) in [7, 11) is 1.69. The van der Waals surface area contributed by atoms with Crippen LogP contribution in [0.1, 0.15) is 28.9 Å². The molecule has 2 aromatic rings. The largest absolute Gasteiger partial charge is 0.497 e. The van der Waals surface area contributed by atoms with Gasteiger partial charge in [-0.05, 0) is 30.7 Å². The molecule has 132 valence electrons. The summed E-state index contributed by atoms with van der Waals surface area (Å²) in [5.41, 5.74) is 8.07. The van der Waals surface area contributed by atoms with Gasteiger partial charge in [0.2, 0.25) is 0 Å². The molecule has 2 heterocycles. The number of hydrogen-bond acceptors (Lipinski definition) is 5. The van der Waals surface area contributed by atoms with Gasteiger partial charge in [-0.15, -0.1) is 0 Å². The molecule has 1 saturated heterocycles. The Morgan fingerprint density at radius 2 is 2.00 bits per heavy atom. The zero-order valence-electron chi connectivity index (χ0n) is 14.7. The first-order valence-corrected chi connectivity index (χ1v) is 8.47. The first-order valence-electron chi connectivity index (χ1n) is 8.47. The second-order valence-electron chi connectivity index (χ2n) is 6.23. The highest BCUT2D eigenvalue weighted by molar-refractivity contribution is 5.98. The second-order valence-corrected chi connectivity index (χ2v) is 6.23. The van der Waals surface area contributed by atoms with Gasteiger partial charge in [-0.2, -0.15) is 0 Å². The molecule has 0 bridgehead atoms. The van der Waals surface area contributed by atoms with E-state index in [1.807, 2.05) is 18.2 Å². The Hall–Kier alpha value is -2.60. The first-order chi connectivity index (χ1) is 12.1. The van der Waals surface area contributed by atoms with Crippen molar-refractivity contribution in [3.05, 3.63) is 53.9 Å². The third-order valence-electron chi connectivity index (χ3n) is 4.84. The van der Waals surface area contributed by atoms with E-state index in [0.717, 1.165) is 37.6 Å². The van der Waals surface area contributed by atoms with Gasteiger partial charge < -0.3 is 15.4 Å². The van der Waals surface area contributed by atoms with Crippen LogP contribution < -0.4 is 15.4 Å². The van der Waals surface area contributed by atoms with Crippen LogP contribution in [0.25, 0.3) is 0 Å². The summed E-state index contributed by atoms with van der Waals surface area (Å²) in [6.07, 6.45) is 3.25. The molecule has 1 unspecified atom stereocenters. The minimum Gasteiger partial charge on any atom is -0.497 e. The summed E-state index contributed by atoms with van der Waals surface area (Å²) in [6.45, 7) is 5.74. The van der Waals surface area contributed by atoms with Crippen LogP contribution in [0, 0.1) is 0 Å². The van der Waals surface area contributed by atoms with E-state index in [9.17, 15) is 4.79 Å². The number of carbonyl (C=O) groups excluding carboxylic acids is 1. The molecule has 1 aromatic carbocycles. The van der Waals surface area contributed by atoms with E-state index in [4.69, 9.17) is 10.5 Å². The highest BCUT2D eigenvalue weighted by Crippen LogP contribution is 2.27. The number of methoxy groups -OCH3 is 1. The van der Waals surface area contributed by atoms with E-state index in [0.29, 0.717) is 11.6 Å². The van der Waals surface area contributed by atoms with Crippen LogP contribution in [0.15, 0.2) is 42.7 Å². The Morgan fingerprint density at radius 1 is 1.24 bits per heavy atom. The quantitative estimate of drug-likeness (QED) is 0.902. The van der Waals surface area contributed by atoms with Crippen molar-refractivity contribution in [1.82, 2.24) is 9.88 Å². The maximum atomic E-state index is 11.6. The molecule has 6 nitrogen and oxygen atoms in total. The van der Waals surface area contributed by atoms with Crippen molar-refractivity contribution in [2.75, 3.05) is 38.2 Å². The maximum Gasteiger partial charge on any atom is 0.252 e. The number of nitrogens with two attached hydrogens (primary N) is 1. The van der Waals surface area contributed by atoms with E-state index in [-0.39, 0.29) is 0 Å². The monoisotopic (exact) mass is 340 g/mol. The topological polar surface area (TPSA) is 71.7 Å². The first kappa shape index (κ1) is 17.2. The highest BCUT2D eigenvalue weighted by atomic mass is 16.5. The number of carbonyl (C=O) groups is 1. The molecule has 1 fully saturated rings. The van der Waals surface area contributed by atoms with Crippen LogP contribution in [0.4, 0.5) is 5.69 Å². The lowest BCUT2D eigenvalue weighted by Crippen LogP contribution is -2.47. The number of nitrogens with zero attached hydrogens (tertiary/aromatic N) is 3. The van der Waals surface area contributed by atoms with E-state index < -0.39 is 5.91 Å². The average Bonchev–Trinajstić information content (AvgIpc) is 2.67. The lowest BCUT2D eigenvalue weighted by Gasteiger charge is -2.39. The summed E-state index contributed by atoms with van der Waals surface area (Å²) in [6, 6.07) is 10.4. The summed E-state index contributed by atoms with van der Waals surface area (Å²) < 4.78 is 5.33. The van der Waals surface area contributed by atoms with Crippen LogP contribution in [-0.4, -0.2) is 49.1 Å². The Bertz CT molecular complexity index is 742. The number of amides is 1. The molecule has 25 heavy (non-hydrogen) atoms. The van der Waals surface area contributed by atoms with Gasteiger partial charge in [0.25, 0.3) is 5.91 Å². The average molecular weight is 340 g/mol. The van der Waals surface area contributed by atoms with Gasteiger partial charge in [-0.3, -0.25) is 14.7 Å². The zero-order valence-corrected chi connectivity index (χ0v) is 14.7. The van der Waals surface area contributed by atoms with Gasteiger partial charge in [-0.1, -0.05) is 12.1 Å². The summed E-state index contributed by atoms with van der Waals surface area (Å²) in [5.74, 6) is 0.446. The van der Waals surface area contributed by atoms with E-state index in [1.54, 1.807) is 19.5 Å². The third-order valence-corrected chi connectivity index (χ3v) is 4.84. The second kappa shape index (κ2) is 7.53. The van der Waals surface area contributed by atoms with Gasteiger partial charge in [0.1, 0.15) is 5.75 Å². The van der Waals surface area contributed by atoms with Gasteiger partial charge >= 0.3 is 0 Å². The summed E-state index contributed by atoms with van der Waals surface area (Å²) in [4.78, 5) is 20.3. The summed E-state index contributed by atoms with van der Waals surface area (Å²) in [5, 5.41) is 0. The Kier molecular flexibility index (Phi) is 5.19. The number of hydrogen-bond donors (Lipinski definition) is 1. The molecule has 0 saturated carbocycles. The molecule has 6 heteroatoms. The normalized spacial score (nSPS) is 16.5. The van der Waals surface area contributed by atoms with Crippen LogP contribution in [0.3, 0.4) is 0 Å². The van der Waals surface area contributed by atoms with Gasteiger partial charge in [0.05, 0.1) is 18.4 Å². The minimum absolute atomic E-state index is 0.310. The number of primary amides is 1. The third kappa shape index (κ3) is 3.74. The molecule has 0 spiro atoms. The Morgan fingerprint density at radius 3 is 2.68 bits per heavy atom. The number of piperazine rings is 1. The standard InChI is InChI=1S/C19H24N4O2/c1-14(15-4-3-5-16(12-15)25-2)22-8-10-23(11-9-22)18-6-7-21-13-17(18)19(20)24/h3-7,12-14H,8-11H2,1-2H3,(H2,20,24). The smallest absolute Gasteiger partial charge is 0.252 e. The minimum atomic E-state index is -0.435. The highest BCUT2D eigenvalue weighted by Gasteiger charge is 2.24. The van der Waals surface area contributed by atoms with Crippen LogP contribution >= 0.6 is 0 Å². The fraction of sp³-hybridized carbons (Fsp3) is 0.368. The lowest BCUT2D eigenvalue weighted by atomic mass is 10.1. The number of aromatic nitrogens is 1. The molecule has 0 aliphatic carbocycles. The number of pyridine rings is 1. The van der Waals surface area contributed by atoms with E-state index in [2.05, 4.69) is 33.8 Å². The molecule has 1 atom stereocenters. The van der Waals surface area contributed by atoms with Crippen molar-refractivity contribution >= 4 is 11.6 Å².